The van der Waals surface area contributed by atoms with Gasteiger partial charge in [-0.3, -0.25) is 24.3 Å². The third-order valence-corrected chi connectivity index (χ3v) is 8.48. The minimum Gasteiger partial charge on any atom is -0.508 e. The van der Waals surface area contributed by atoms with E-state index >= 15 is 0 Å². The van der Waals surface area contributed by atoms with Crippen molar-refractivity contribution in [1.82, 2.24) is 4.90 Å². The highest BCUT2D eigenvalue weighted by Crippen LogP contribution is 2.53. The Balaban J connectivity index is 1.60. The summed E-state index contributed by atoms with van der Waals surface area (Å²) in [6, 6.07) is 9.53. The number of aromatic hydroxyl groups is 1. The van der Waals surface area contributed by atoms with Gasteiger partial charge in [0.25, 0.3) is 5.91 Å². The number of anilines is 1. The van der Waals surface area contributed by atoms with E-state index in [4.69, 9.17) is 5.73 Å². The van der Waals surface area contributed by atoms with E-state index in [9.17, 15) is 34.8 Å². The molecule has 43 heavy (non-hydrogen) atoms. The molecule has 226 valence electrons. The van der Waals surface area contributed by atoms with E-state index in [2.05, 4.69) is 10.3 Å². The minimum atomic E-state index is -2.67. The van der Waals surface area contributed by atoms with Crippen LogP contribution in [0.5, 0.6) is 5.75 Å². The average Bonchev–Trinajstić information content (AvgIpc) is 2.90. The van der Waals surface area contributed by atoms with Crippen molar-refractivity contribution in [1.29, 1.82) is 0 Å². The van der Waals surface area contributed by atoms with E-state index in [1.807, 2.05) is 45.0 Å². The van der Waals surface area contributed by atoms with Crippen molar-refractivity contribution in [3.05, 3.63) is 64.4 Å². The van der Waals surface area contributed by atoms with Gasteiger partial charge < -0.3 is 31.5 Å². The smallest absolute Gasteiger partial charge is 0.255 e. The molecule has 4 atom stereocenters. The largest absolute Gasteiger partial charge is 0.508 e. The molecule has 0 aliphatic heterocycles. The normalized spacial score (nSPS) is 25.6. The highest BCUT2D eigenvalue weighted by atomic mass is 16.3. The first kappa shape index (κ1) is 30.0. The van der Waals surface area contributed by atoms with Gasteiger partial charge in [0.1, 0.15) is 22.8 Å². The Morgan fingerprint density at radius 2 is 1.74 bits per heavy atom. The zero-order valence-electron chi connectivity index (χ0n) is 24.7. The number of fused-ring (bicyclic) bond motifs is 3. The van der Waals surface area contributed by atoms with Crippen LogP contribution in [-0.2, 0) is 20.8 Å². The lowest BCUT2D eigenvalue weighted by molar-refractivity contribution is -0.153. The van der Waals surface area contributed by atoms with Gasteiger partial charge in [-0.1, -0.05) is 18.2 Å². The number of carbonyl (C=O) groups excluding carboxylic acids is 3. The first-order valence-corrected chi connectivity index (χ1v) is 14.0. The summed E-state index contributed by atoms with van der Waals surface area (Å²) in [4.78, 5) is 45.3. The molecule has 0 radical (unpaired) electrons. The summed E-state index contributed by atoms with van der Waals surface area (Å²) in [7, 11) is 3.13. The number of benzene rings is 2. The van der Waals surface area contributed by atoms with E-state index < -0.39 is 58.0 Å². The van der Waals surface area contributed by atoms with Crippen molar-refractivity contribution in [2.45, 2.75) is 50.8 Å². The second-order valence-electron chi connectivity index (χ2n) is 12.6. The number of primary amides is 1. The van der Waals surface area contributed by atoms with Gasteiger partial charge in [-0.15, -0.1) is 0 Å². The Kier molecular flexibility index (Phi) is 7.22. The molecule has 0 bridgehead atoms. The summed E-state index contributed by atoms with van der Waals surface area (Å²) >= 11 is 0. The molecule has 4 unspecified atom stereocenters. The van der Waals surface area contributed by atoms with Gasteiger partial charge >= 0.3 is 0 Å². The van der Waals surface area contributed by atoms with Crippen LogP contribution in [0, 0.1) is 11.8 Å². The molecule has 11 nitrogen and oxygen atoms in total. The van der Waals surface area contributed by atoms with E-state index in [-0.39, 0.29) is 35.3 Å². The molecule has 1 amide bonds. The quantitative estimate of drug-likeness (QED) is 0.174. The van der Waals surface area contributed by atoms with Crippen LogP contribution in [-0.4, -0.2) is 80.4 Å². The summed E-state index contributed by atoms with van der Waals surface area (Å²) in [6.07, 6.45) is 1.87. The maximum atomic E-state index is 14.0. The molecule has 2 aromatic carbocycles. The van der Waals surface area contributed by atoms with Crippen LogP contribution in [0.2, 0.25) is 0 Å². The lowest BCUT2D eigenvalue weighted by atomic mass is 9.57. The number of phenols is 1. The summed E-state index contributed by atoms with van der Waals surface area (Å²) < 4.78 is 0. The third-order valence-electron chi connectivity index (χ3n) is 8.48. The second-order valence-corrected chi connectivity index (χ2v) is 12.6. The van der Waals surface area contributed by atoms with E-state index in [1.165, 1.54) is 11.0 Å². The predicted octanol–water partition coefficient (Wildman–Crippen LogP) is 2.87. The van der Waals surface area contributed by atoms with Gasteiger partial charge in [-0.25, -0.2) is 0 Å². The fourth-order valence-corrected chi connectivity index (χ4v) is 6.56. The molecule has 3 aliphatic rings. The molecule has 5 rings (SSSR count). The van der Waals surface area contributed by atoms with Crippen molar-refractivity contribution < 1.29 is 34.8 Å². The number of nitrogens with one attached hydrogen (secondary N) is 1. The first-order chi connectivity index (χ1) is 20.1. The molecule has 1 saturated carbocycles. The van der Waals surface area contributed by atoms with Gasteiger partial charge in [-0.05, 0) is 88.5 Å². The Bertz CT molecular complexity index is 1630. The van der Waals surface area contributed by atoms with Crippen LogP contribution in [0.25, 0.3) is 16.9 Å². The molecule has 0 spiro atoms. The fraction of sp³-hybridized carbons (Fsp3) is 0.375. The lowest BCUT2D eigenvalue weighted by Gasteiger charge is -2.50. The summed E-state index contributed by atoms with van der Waals surface area (Å²) in [5.74, 6) is -6.77. The predicted molar refractivity (Wildman–Crippen MR) is 162 cm³/mol. The number of hydrogen-bond donors (Lipinski definition) is 6. The number of phenolic OH excluding ortho intramolecular Hbond substituents is 1. The molecule has 3 aliphatic carbocycles. The van der Waals surface area contributed by atoms with Crippen molar-refractivity contribution in [3.8, 4) is 16.9 Å². The Morgan fingerprint density at radius 3 is 2.33 bits per heavy atom. The fourth-order valence-electron chi connectivity index (χ4n) is 6.56. The van der Waals surface area contributed by atoms with Crippen LogP contribution >= 0.6 is 0 Å². The molecule has 0 heterocycles. The Hall–Kier alpha value is -4.48. The number of aliphatic hydroxyl groups is 3. The number of nitrogens with zero attached hydrogens (tertiary/aromatic N) is 2. The third kappa shape index (κ3) is 4.78. The number of ketones is 2. The standard InChI is InChI=1S/C32H36N4O7/c1-31(2,3)35-14-34-17-8-6-15(7-9-17)18-10-11-21(37)23-19(18)12-16-13-20-25(36(4)5)27(39)24(30(33)42)29(41)32(20,43)28(40)22(16)26(23)38/h6-11,14,16,20,25,37-38,41,43H,12-13H2,1-5H3,(H2,33,42)(H,34,35). The number of aliphatic imine (C=N–C) groups is 1. The van der Waals surface area contributed by atoms with E-state index in [1.54, 1.807) is 26.5 Å². The van der Waals surface area contributed by atoms with Gasteiger partial charge in [0.05, 0.1) is 23.5 Å². The molecule has 0 saturated heterocycles. The zero-order chi connectivity index (χ0) is 31.6. The van der Waals surface area contributed by atoms with Gasteiger partial charge in [0.2, 0.25) is 5.78 Å². The number of Topliss-reactive ketones (excluding diaryl/α,β-unsaturated/α-hetero) is 2. The topological polar surface area (TPSA) is 186 Å². The monoisotopic (exact) mass is 588 g/mol. The van der Waals surface area contributed by atoms with Crippen LogP contribution in [0.15, 0.2) is 58.3 Å². The molecular formula is C32H36N4O7. The van der Waals surface area contributed by atoms with Crippen LogP contribution in [0.1, 0.15) is 38.3 Å². The molecule has 11 heteroatoms. The number of likely N-dealkylation sites (N-methyl/N-ethyl adjacent to an activating group) is 1. The highest BCUT2D eigenvalue weighted by molar-refractivity contribution is 6.24. The van der Waals surface area contributed by atoms with Crippen molar-refractivity contribution in [3.63, 3.8) is 0 Å². The van der Waals surface area contributed by atoms with Crippen LogP contribution in [0.3, 0.4) is 0 Å². The van der Waals surface area contributed by atoms with Crippen molar-refractivity contribution in [2.24, 2.45) is 22.6 Å². The summed E-state index contributed by atoms with van der Waals surface area (Å²) in [5.41, 5.74) is 4.45. The second kappa shape index (κ2) is 10.4. The van der Waals surface area contributed by atoms with Gasteiger partial charge in [0, 0.05) is 17.2 Å². The maximum Gasteiger partial charge on any atom is 0.255 e. The summed E-state index contributed by atoms with van der Waals surface area (Å²) in [5, 5.41) is 48.2. The van der Waals surface area contributed by atoms with Gasteiger partial charge in [0.15, 0.2) is 11.4 Å². The number of aliphatic hydroxyl groups excluding tert-OH is 2. The van der Waals surface area contributed by atoms with Crippen LogP contribution in [0.4, 0.5) is 5.69 Å². The zero-order valence-corrected chi connectivity index (χ0v) is 24.7. The van der Waals surface area contributed by atoms with Crippen molar-refractivity contribution in [2.75, 3.05) is 19.4 Å². The molecule has 2 aromatic rings. The Morgan fingerprint density at radius 1 is 1.09 bits per heavy atom. The van der Waals surface area contributed by atoms with Crippen molar-refractivity contribution >= 4 is 35.3 Å². The maximum absolute atomic E-state index is 14.0. The number of nitrogens with two attached hydrogens (primary N) is 1. The molecule has 0 aromatic heterocycles. The molecule has 1 fully saturated rings. The summed E-state index contributed by atoms with van der Waals surface area (Å²) in [6.45, 7) is 5.97. The average molecular weight is 589 g/mol. The highest BCUT2D eigenvalue weighted by Gasteiger charge is 2.64. The number of hydrogen-bond acceptors (Lipinski definition) is 9. The lowest BCUT2D eigenvalue weighted by Crippen LogP contribution is -2.65. The number of rotatable bonds is 5. The van der Waals surface area contributed by atoms with E-state index in [0.29, 0.717) is 5.56 Å². The molecule has 7 N–H and O–H groups in total. The van der Waals surface area contributed by atoms with E-state index in [0.717, 1.165) is 16.8 Å². The number of carbonyl (C=O) groups is 3. The molecular weight excluding hydrogens is 552 g/mol. The SMILES string of the molecule is CN(C)C1C(=O)C(C(N)=O)=C(O)C2(O)C(=O)C3=C(O)c4c(O)ccc(-c5ccc(NC=NC(C)(C)C)cc5)c4CC3CC12. The first-order valence-electron chi connectivity index (χ1n) is 14.0. The Labute approximate surface area is 249 Å². The van der Waals surface area contributed by atoms with Crippen LogP contribution < -0.4 is 11.1 Å². The van der Waals surface area contributed by atoms with Gasteiger partial charge in [-0.2, -0.15) is 0 Å². The number of amides is 1. The minimum absolute atomic E-state index is 0.0246.